The van der Waals surface area contributed by atoms with E-state index in [0.29, 0.717) is 6.54 Å². The molecule has 3 heterocycles. The summed E-state index contributed by atoms with van der Waals surface area (Å²) in [5.74, 6) is 1.26. The molecule has 0 N–H and O–H groups in total. The first-order chi connectivity index (χ1) is 12.3. The zero-order chi connectivity index (χ0) is 17.2. The van der Waals surface area contributed by atoms with Gasteiger partial charge in [0, 0.05) is 57.3 Å². The summed E-state index contributed by atoms with van der Waals surface area (Å²) in [5.41, 5.74) is 2.38. The summed E-state index contributed by atoms with van der Waals surface area (Å²) < 4.78 is 2.17. The average Bonchev–Trinajstić information content (AvgIpc) is 3.29. The van der Waals surface area contributed by atoms with Gasteiger partial charge in [0.2, 0.25) is 11.9 Å². The van der Waals surface area contributed by atoms with Crippen molar-refractivity contribution in [2.45, 2.75) is 19.9 Å². The van der Waals surface area contributed by atoms with Crippen LogP contribution >= 0.6 is 0 Å². The number of hydrogen-bond acceptors (Lipinski definition) is 4. The van der Waals surface area contributed by atoms with Crippen molar-refractivity contribution >= 4 is 17.5 Å². The molecule has 132 valence electrons. The van der Waals surface area contributed by atoms with E-state index >= 15 is 0 Å². The lowest BCUT2D eigenvalue weighted by molar-refractivity contribution is -0.119. The Morgan fingerprint density at radius 3 is 2.72 bits per heavy atom. The van der Waals surface area contributed by atoms with E-state index in [-0.39, 0.29) is 5.91 Å². The molecule has 0 saturated carbocycles. The average molecular weight is 339 g/mol. The number of benzene rings is 1. The van der Waals surface area contributed by atoms with Crippen LogP contribution in [0.2, 0.25) is 0 Å². The maximum atomic E-state index is 12.7. The smallest absolute Gasteiger partial charge is 0.241 e. The van der Waals surface area contributed by atoms with E-state index in [4.69, 9.17) is 0 Å². The molecule has 2 aromatic rings. The van der Waals surface area contributed by atoms with Crippen molar-refractivity contribution in [3.63, 3.8) is 0 Å². The number of amides is 1. The molecule has 1 fully saturated rings. The highest BCUT2D eigenvalue weighted by Gasteiger charge is 2.27. The number of rotatable bonds is 4. The Morgan fingerprint density at radius 2 is 1.92 bits per heavy atom. The number of imidazole rings is 1. The standard InChI is InChI=1S/C19H25N5O/c1-2-22-10-8-20-19(22)23-13-11-21(12-14-23)15-18(25)24-9-7-16-5-3-4-6-17(16)24/h3-6,8,10H,2,7,9,11-15H2,1H3. The molecule has 0 radical (unpaired) electrons. The number of para-hydroxylation sites is 1. The number of hydrogen-bond donors (Lipinski definition) is 0. The van der Waals surface area contributed by atoms with Gasteiger partial charge < -0.3 is 14.4 Å². The molecule has 6 heteroatoms. The van der Waals surface area contributed by atoms with Gasteiger partial charge in [-0.15, -0.1) is 0 Å². The van der Waals surface area contributed by atoms with Crippen molar-refractivity contribution in [2.75, 3.05) is 49.1 Å². The molecule has 1 aromatic heterocycles. The van der Waals surface area contributed by atoms with Gasteiger partial charge in [0.1, 0.15) is 0 Å². The lowest BCUT2D eigenvalue weighted by Crippen LogP contribution is -2.50. The molecule has 0 atom stereocenters. The predicted octanol–water partition coefficient (Wildman–Crippen LogP) is 1.61. The van der Waals surface area contributed by atoms with Gasteiger partial charge in [0.25, 0.3) is 0 Å². The molecule has 2 aliphatic heterocycles. The lowest BCUT2D eigenvalue weighted by atomic mass is 10.2. The Kier molecular flexibility index (Phi) is 4.44. The maximum absolute atomic E-state index is 12.7. The highest BCUT2D eigenvalue weighted by molar-refractivity contribution is 5.96. The summed E-state index contributed by atoms with van der Waals surface area (Å²) in [6.45, 7) is 8.02. The van der Waals surface area contributed by atoms with Crippen LogP contribution in [0.3, 0.4) is 0 Å². The molecular weight excluding hydrogens is 314 g/mol. The fourth-order valence-electron chi connectivity index (χ4n) is 3.81. The molecule has 0 bridgehead atoms. The van der Waals surface area contributed by atoms with Crippen LogP contribution in [0.1, 0.15) is 12.5 Å². The second-order valence-electron chi connectivity index (χ2n) is 6.70. The first-order valence-corrected chi connectivity index (χ1v) is 9.13. The van der Waals surface area contributed by atoms with Crippen LogP contribution in [0, 0.1) is 0 Å². The molecule has 0 spiro atoms. The van der Waals surface area contributed by atoms with Crippen molar-refractivity contribution < 1.29 is 4.79 Å². The second-order valence-corrected chi connectivity index (χ2v) is 6.70. The van der Waals surface area contributed by atoms with Crippen molar-refractivity contribution in [2.24, 2.45) is 0 Å². The number of fused-ring (bicyclic) bond motifs is 1. The lowest BCUT2D eigenvalue weighted by Gasteiger charge is -2.35. The van der Waals surface area contributed by atoms with Crippen LogP contribution in [0.4, 0.5) is 11.6 Å². The van der Waals surface area contributed by atoms with E-state index < -0.39 is 0 Å². The van der Waals surface area contributed by atoms with Gasteiger partial charge >= 0.3 is 0 Å². The van der Waals surface area contributed by atoms with Crippen molar-refractivity contribution in [3.8, 4) is 0 Å². The zero-order valence-corrected chi connectivity index (χ0v) is 14.8. The van der Waals surface area contributed by atoms with Gasteiger partial charge in [0.15, 0.2) is 0 Å². The fraction of sp³-hybridized carbons (Fsp3) is 0.474. The first kappa shape index (κ1) is 16.1. The van der Waals surface area contributed by atoms with Gasteiger partial charge in [-0.3, -0.25) is 9.69 Å². The Bertz CT molecular complexity index is 748. The van der Waals surface area contributed by atoms with Crippen molar-refractivity contribution in [3.05, 3.63) is 42.2 Å². The minimum atomic E-state index is 0.216. The third kappa shape index (κ3) is 3.14. The highest BCUT2D eigenvalue weighted by Crippen LogP contribution is 2.27. The highest BCUT2D eigenvalue weighted by atomic mass is 16.2. The summed E-state index contributed by atoms with van der Waals surface area (Å²) >= 11 is 0. The number of nitrogens with zero attached hydrogens (tertiary/aromatic N) is 5. The minimum Gasteiger partial charge on any atom is -0.340 e. The Morgan fingerprint density at radius 1 is 1.12 bits per heavy atom. The SMILES string of the molecule is CCn1ccnc1N1CCN(CC(=O)N2CCc3ccccc32)CC1. The number of piperazine rings is 1. The molecule has 1 saturated heterocycles. The molecule has 25 heavy (non-hydrogen) atoms. The number of aromatic nitrogens is 2. The quantitative estimate of drug-likeness (QED) is 0.849. The second kappa shape index (κ2) is 6.88. The molecule has 0 aliphatic carbocycles. The van der Waals surface area contributed by atoms with Crippen LogP contribution in [-0.2, 0) is 17.8 Å². The minimum absolute atomic E-state index is 0.216. The molecule has 1 amide bonds. The molecule has 2 aliphatic rings. The Hall–Kier alpha value is -2.34. The molecular formula is C19H25N5O. The number of aryl methyl sites for hydroxylation is 1. The third-order valence-electron chi connectivity index (χ3n) is 5.24. The number of carbonyl (C=O) groups is 1. The summed E-state index contributed by atoms with van der Waals surface area (Å²) in [6, 6.07) is 8.24. The van der Waals surface area contributed by atoms with E-state index in [9.17, 15) is 4.79 Å². The van der Waals surface area contributed by atoms with Crippen LogP contribution in [-0.4, -0.2) is 59.6 Å². The molecule has 6 nitrogen and oxygen atoms in total. The zero-order valence-electron chi connectivity index (χ0n) is 14.8. The van der Waals surface area contributed by atoms with Gasteiger partial charge in [-0.25, -0.2) is 4.98 Å². The molecule has 0 unspecified atom stereocenters. The largest absolute Gasteiger partial charge is 0.340 e. The van der Waals surface area contributed by atoms with Crippen LogP contribution in [0.25, 0.3) is 0 Å². The van der Waals surface area contributed by atoms with E-state index in [1.165, 1.54) is 5.56 Å². The number of anilines is 2. The van der Waals surface area contributed by atoms with E-state index in [2.05, 4.69) is 38.4 Å². The van der Waals surface area contributed by atoms with Gasteiger partial charge in [-0.1, -0.05) is 18.2 Å². The van der Waals surface area contributed by atoms with Gasteiger partial charge in [-0.05, 0) is 25.0 Å². The normalized spacial score (nSPS) is 17.8. The Balaban J connectivity index is 1.34. The Labute approximate surface area is 148 Å². The maximum Gasteiger partial charge on any atom is 0.241 e. The predicted molar refractivity (Wildman–Crippen MR) is 99.1 cm³/mol. The number of carbonyl (C=O) groups excluding carboxylic acids is 1. The van der Waals surface area contributed by atoms with Crippen molar-refractivity contribution in [1.29, 1.82) is 0 Å². The van der Waals surface area contributed by atoms with E-state index in [1.54, 1.807) is 0 Å². The van der Waals surface area contributed by atoms with Crippen LogP contribution < -0.4 is 9.80 Å². The third-order valence-corrected chi connectivity index (χ3v) is 5.24. The fourth-order valence-corrected chi connectivity index (χ4v) is 3.81. The van der Waals surface area contributed by atoms with E-state index in [1.807, 2.05) is 29.4 Å². The van der Waals surface area contributed by atoms with Crippen LogP contribution in [0.15, 0.2) is 36.7 Å². The monoisotopic (exact) mass is 339 g/mol. The summed E-state index contributed by atoms with van der Waals surface area (Å²) in [5, 5.41) is 0. The summed E-state index contributed by atoms with van der Waals surface area (Å²) in [6.07, 6.45) is 4.85. The van der Waals surface area contributed by atoms with Gasteiger partial charge in [0.05, 0.1) is 6.54 Å². The van der Waals surface area contributed by atoms with E-state index in [0.717, 1.165) is 57.3 Å². The van der Waals surface area contributed by atoms with Crippen molar-refractivity contribution in [1.82, 2.24) is 14.5 Å². The summed E-state index contributed by atoms with van der Waals surface area (Å²) in [4.78, 5) is 23.7. The summed E-state index contributed by atoms with van der Waals surface area (Å²) in [7, 11) is 0. The van der Waals surface area contributed by atoms with Gasteiger partial charge in [-0.2, -0.15) is 0 Å². The van der Waals surface area contributed by atoms with Crippen LogP contribution in [0.5, 0.6) is 0 Å². The topological polar surface area (TPSA) is 44.6 Å². The molecule has 1 aromatic carbocycles. The molecule has 4 rings (SSSR count). The first-order valence-electron chi connectivity index (χ1n) is 9.13.